The summed E-state index contributed by atoms with van der Waals surface area (Å²) in [6.07, 6.45) is 1.32. The van der Waals surface area contributed by atoms with E-state index in [1.54, 1.807) is 18.4 Å². The van der Waals surface area contributed by atoms with Crippen LogP contribution in [-0.2, 0) is 28.9 Å². The highest BCUT2D eigenvalue weighted by molar-refractivity contribution is 7.16. The average molecular weight is 369 g/mol. The van der Waals surface area contributed by atoms with Crippen molar-refractivity contribution in [3.8, 4) is 0 Å². The van der Waals surface area contributed by atoms with Gasteiger partial charge in [0.05, 0.1) is 23.2 Å². The van der Waals surface area contributed by atoms with Crippen LogP contribution in [0, 0.1) is 6.92 Å². The van der Waals surface area contributed by atoms with Crippen molar-refractivity contribution in [2.75, 3.05) is 13.7 Å². The van der Waals surface area contributed by atoms with Gasteiger partial charge in [-0.2, -0.15) is 4.99 Å². The zero-order chi connectivity index (χ0) is 18.5. The zero-order valence-corrected chi connectivity index (χ0v) is 16.3. The molecule has 0 aliphatic heterocycles. The highest BCUT2D eigenvalue weighted by Crippen LogP contribution is 2.19. The minimum absolute atomic E-state index is 0.122. The summed E-state index contributed by atoms with van der Waals surface area (Å²) in [4.78, 5) is 17.6. The van der Waals surface area contributed by atoms with Gasteiger partial charge in [0.25, 0.3) is 5.91 Å². The van der Waals surface area contributed by atoms with Crippen LogP contribution in [-0.4, -0.2) is 24.2 Å². The number of ether oxygens (including phenoxy) is 1. The average Bonchev–Trinajstić information content (AvgIpc) is 2.96. The molecule has 2 aromatic carbocycles. The Morgan fingerprint density at radius 1 is 1.15 bits per heavy atom. The van der Waals surface area contributed by atoms with E-state index in [2.05, 4.69) is 53.7 Å². The van der Waals surface area contributed by atoms with E-state index in [-0.39, 0.29) is 5.91 Å². The Hall–Kier alpha value is -2.24. The van der Waals surface area contributed by atoms with Crippen molar-refractivity contribution in [2.24, 2.45) is 4.99 Å². The molecule has 0 bridgehead atoms. The van der Waals surface area contributed by atoms with Crippen molar-refractivity contribution in [2.45, 2.75) is 33.2 Å². The van der Waals surface area contributed by atoms with Gasteiger partial charge in [0.15, 0.2) is 4.80 Å². The Kier molecular flexibility index (Phi) is 6.01. The number of nitrogens with zero attached hydrogens (tertiary/aromatic N) is 2. The highest BCUT2D eigenvalue weighted by Gasteiger charge is 2.09. The molecule has 5 heteroatoms. The van der Waals surface area contributed by atoms with Crippen LogP contribution in [0.3, 0.4) is 0 Å². The second-order valence-electron chi connectivity index (χ2n) is 6.35. The predicted octanol–water partition coefficient (Wildman–Crippen LogP) is 3.89. The summed E-state index contributed by atoms with van der Waals surface area (Å²) >= 11 is 1.55. The monoisotopic (exact) mass is 368 g/mol. The maximum Gasteiger partial charge on any atom is 0.252 e. The minimum Gasteiger partial charge on any atom is -0.383 e. The van der Waals surface area contributed by atoms with Gasteiger partial charge < -0.3 is 9.30 Å². The molecule has 0 unspecified atom stereocenters. The van der Waals surface area contributed by atoms with Crippen molar-refractivity contribution >= 4 is 27.5 Å². The normalized spacial score (nSPS) is 12.0. The molecule has 3 rings (SSSR count). The van der Waals surface area contributed by atoms with E-state index >= 15 is 0 Å². The zero-order valence-electron chi connectivity index (χ0n) is 15.5. The van der Waals surface area contributed by atoms with E-state index in [0.717, 1.165) is 27.0 Å². The molecule has 136 valence electrons. The van der Waals surface area contributed by atoms with Crippen LogP contribution in [0.2, 0.25) is 0 Å². The van der Waals surface area contributed by atoms with E-state index in [9.17, 15) is 4.79 Å². The Bertz CT molecular complexity index is 968. The number of hydrogen-bond acceptors (Lipinski definition) is 3. The second kappa shape index (κ2) is 8.43. The van der Waals surface area contributed by atoms with Crippen molar-refractivity contribution < 1.29 is 9.53 Å². The number of amides is 1. The molecule has 0 aliphatic carbocycles. The number of rotatable bonds is 6. The lowest BCUT2D eigenvalue weighted by molar-refractivity contribution is -0.117. The van der Waals surface area contributed by atoms with E-state index in [0.29, 0.717) is 19.6 Å². The summed E-state index contributed by atoms with van der Waals surface area (Å²) in [5, 5.41) is 0. The van der Waals surface area contributed by atoms with E-state index < -0.39 is 0 Å². The molecule has 0 radical (unpaired) electrons. The first-order valence-corrected chi connectivity index (χ1v) is 9.66. The maximum absolute atomic E-state index is 12.5. The molecule has 1 amide bonds. The van der Waals surface area contributed by atoms with Gasteiger partial charge in [-0.25, -0.2) is 0 Å². The third kappa shape index (κ3) is 4.29. The Balaban J connectivity index is 1.92. The Morgan fingerprint density at radius 2 is 1.88 bits per heavy atom. The lowest BCUT2D eigenvalue weighted by Crippen LogP contribution is -2.19. The van der Waals surface area contributed by atoms with Gasteiger partial charge in [-0.05, 0) is 42.2 Å². The van der Waals surface area contributed by atoms with E-state index in [1.165, 1.54) is 11.1 Å². The second-order valence-corrected chi connectivity index (χ2v) is 7.36. The third-order valence-corrected chi connectivity index (χ3v) is 5.41. The molecule has 3 aromatic rings. The summed E-state index contributed by atoms with van der Waals surface area (Å²) in [5.41, 5.74) is 4.56. The summed E-state index contributed by atoms with van der Waals surface area (Å²) < 4.78 is 8.43. The maximum atomic E-state index is 12.5. The lowest BCUT2D eigenvalue weighted by Gasteiger charge is -2.04. The summed E-state index contributed by atoms with van der Waals surface area (Å²) in [5.74, 6) is -0.122. The smallest absolute Gasteiger partial charge is 0.252 e. The fraction of sp³-hybridized carbons (Fsp3) is 0.333. The molecule has 0 fully saturated rings. The molecule has 0 spiro atoms. The Labute approximate surface area is 157 Å². The molecule has 1 heterocycles. The number of carbonyl (C=O) groups is 1. The first-order valence-electron chi connectivity index (χ1n) is 8.85. The first kappa shape index (κ1) is 18.5. The highest BCUT2D eigenvalue weighted by atomic mass is 32.1. The molecule has 26 heavy (non-hydrogen) atoms. The minimum atomic E-state index is -0.122. The molecule has 0 saturated heterocycles. The number of aromatic nitrogens is 1. The number of hydrogen-bond donors (Lipinski definition) is 0. The molecule has 0 N–H and O–H groups in total. The summed E-state index contributed by atoms with van der Waals surface area (Å²) in [7, 11) is 1.68. The number of carbonyl (C=O) groups excluding carboxylic acids is 1. The topological polar surface area (TPSA) is 43.6 Å². The van der Waals surface area contributed by atoms with E-state index in [1.807, 2.05) is 12.1 Å². The van der Waals surface area contributed by atoms with E-state index in [4.69, 9.17) is 4.74 Å². The van der Waals surface area contributed by atoms with Crippen LogP contribution in [0.1, 0.15) is 23.6 Å². The standard InChI is InChI=1S/C21H24N2O2S/c1-4-16-6-8-17(9-7-16)14-20(24)22-21-23(11-12-25-3)18-10-5-15(2)13-19(18)26-21/h5-10,13H,4,11-12,14H2,1-3H3. The molecule has 1 aromatic heterocycles. The van der Waals surface area contributed by atoms with Crippen LogP contribution in [0.15, 0.2) is 47.5 Å². The van der Waals surface area contributed by atoms with Gasteiger partial charge in [0.2, 0.25) is 0 Å². The largest absolute Gasteiger partial charge is 0.383 e. The van der Waals surface area contributed by atoms with Crippen LogP contribution in [0.4, 0.5) is 0 Å². The number of thiazole rings is 1. The van der Waals surface area contributed by atoms with Crippen molar-refractivity contribution in [3.05, 3.63) is 64.0 Å². The molecular formula is C21H24N2O2S. The van der Waals surface area contributed by atoms with Gasteiger partial charge in [-0.15, -0.1) is 0 Å². The SMILES string of the molecule is CCc1ccc(CC(=O)N=c2sc3cc(C)ccc3n2CCOC)cc1. The fourth-order valence-corrected chi connectivity index (χ4v) is 4.05. The number of fused-ring (bicyclic) bond motifs is 1. The van der Waals surface area contributed by atoms with Crippen LogP contribution in [0.5, 0.6) is 0 Å². The van der Waals surface area contributed by atoms with Crippen LogP contribution in [0.25, 0.3) is 10.2 Å². The van der Waals surface area contributed by atoms with Gasteiger partial charge in [0.1, 0.15) is 0 Å². The van der Waals surface area contributed by atoms with Crippen molar-refractivity contribution in [1.29, 1.82) is 0 Å². The quantitative estimate of drug-likeness (QED) is 0.662. The predicted molar refractivity (Wildman–Crippen MR) is 107 cm³/mol. The summed E-state index contributed by atoms with van der Waals surface area (Å²) in [6.45, 7) is 5.45. The third-order valence-electron chi connectivity index (χ3n) is 4.36. The van der Waals surface area contributed by atoms with Crippen LogP contribution < -0.4 is 4.80 Å². The van der Waals surface area contributed by atoms with Gasteiger partial charge >= 0.3 is 0 Å². The summed E-state index contributed by atoms with van der Waals surface area (Å²) in [6, 6.07) is 14.5. The first-order chi connectivity index (χ1) is 12.6. The van der Waals surface area contributed by atoms with Gasteiger partial charge in [0, 0.05) is 13.7 Å². The van der Waals surface area contributed by atoms with Gasteiger partial charge in [-0.3, -0.25) is 4.79 Å². The van der Waals surface area contributed by atoms with Crippen molar-refractivity contribution in [1.82, 2.24) is 4.57 Å². The molecule has 0 aliphatic rings. The number of aryl methyl sites for hydroxylation is 2. The van der Waals surface area contributed by atoms with Gasteiger partial charge in [-0.1, -0.05) is 48.6 Å². The molecular weight excluding hydrogens is 344 g/mol. The number of methoxy groups -OCH3 is 1. The van der Waals surface area contributed by atoms with Crippen LogP contribution >= 0.6 is 11.3 Å². The molecule has 0 atom stereocenters. The number of benzene rings is 2. The molecule has 0 saturated carbocycles. The van der Waals surface area contributed by atoms with Crippen molar-refractivity contribution in [3.63, 3.8) is 0 Å². The Morgan fingerprint density at radius 3 is 2.58 bits per heavy atom. The fourth-order valence-electron chi connectivity index (χ4n) is 2.88. The lowest BCUT2D eigenvalue weighted by atomic mass is 10.1. The molecule has 4 nitrogen and oxygen atoms in total.